The second-order valence-corrected chi connectivity index (χ2v) is 8.89. The number of benzene rings is 2. The van der Waals surface area contributed by atoms with Gasteiger partial charge in [0.2, 0.25) is 0 Å². The van der Waals surface area contributed by atoms with Crippen LogP contribution in [0.25, 0.3) is 0 Å². The first-order valence-electron chi connectivity index (χ1n) is 11.6. The number of halogens is 1. The maximum absolute atomic E-state index is 14.0. The van der Waals surface area contributed by atoms with Gasteiger partial charge in [-0.25, -0.2) is 9.18 Å². The molecule has 172 valence electrons. The monoisotopic (exact) mass is 450 g/mol. The van der Waals surface area contributed by atoms with Crippen LogP contribution in [0.2, 0.25) is 0 Å². The average Bonchev–Trinajstić information content (AvgIpc) is 3.09. The van der Waals surface area contributed by atoms with Gasteiger partial charge in [-0.15, -0.1) is 0 Å². The van der Waals surface area contributed by atoms with Crippen molar-refractivity contribution in [3.63, 3.8) is 0 Å². The summed E-state index contributed by atoms with van der Waals surface area (Å²) >= 11 is 0. The first-order valence-corrected chi connectivity index (χ1v) is 11.6. The maximum Gasteiger partial charge on any atom is 0.321 e. The molecule has 2 aliphatic heterocycles. The van der Waals surface area contributed by atoms with E-state index in [9.17, 15) is 18.8 Å². The van der Waals surface area contributed by atoms with E-state index >= 15 is 0 Å². The molecule has 1 saturated carbocycles. The lowest BCUT2D eigenvalue weighted by atomic mass is 9.94. The molecule has 7 nitrogen and oxygen atoms in total. The number of para-hydroxylation sites is 1. The van der Waals surface area contributed by atoms with E-state index in [1.54, 1.807) is 41.3 Å². The van der Waals surface area contributed by atoms with Gasteiger partial charge in [-0.2, -0.15) is 0 Å². The molecule has 1 N–H and O–H groups in total. The van der Waals surface area contributed by atoms with Crippen molar-refractivity contribution >= 4 is 29.2 Å². The number of amides is 4. The number of hydrogen-bond donors (Lipinski definition) is 1. The molecule has 2 fully saturated rings. The van der Waals surface area contributed by atoms with Crippen LogP contribution < -0.4 is 10.2 Å². The smallest absolute Gasteiger partial charge is 0.321 e. The number of imide groups is 1. The van der Waals surface area contributed by atoms with Crippen LogP contribution in [-0.4, -0.2) is 59.9 Å². The van der Waals surface area contributed by atoms with Gasteiger partial charge in [0.1, 0.15) is 5.82 Å². The number of fused-ring (bicyclic) bond motifs is 1. The zero-order chi connectivity index (χ0) is 22.9. The Kier molecular flexibility index (Phi) is 5.74. The molecule has 0 unspecified atom stereocenters. The summed E-state index contributed by atoms with van der Waals surface area (Å²) in [5, 5.41) is 2.85. The van der Waals surface area contributed by atoms with E-state index in [1.165, 1.54) is 11.0 Å². The number of nitrogens with zero attached hydrogens (tertiary/aromatic N) is 3. The van der Waals surface area contributed by atoms with Crippen LogP contribution in [0.1, 0.15) is 52.8 Å². The molecule has 2 aromatic rings. The minimum atomic E-state index is -0.274. The Balaban J connectivity index is 1.23. The Morgan fingerprint density at radius 3 is 2.30 bits per heavy atom. The highest BCUT2D eigenvalue weighted by Crippen LogP contribution is 2.32. The molecule has 0 atom stereocenters. The topological polar surface area (TPSA) is 73.0 Å². The van der Waals surface area contributed by atoms with Crippen molar-refractivity contribution in [2.75, 3.05) is 36.4 Å². The van der Waals surface area contributed by atoms with Crippen molar-refractivity contribution in [2.45, 2.75) is 38.1 Å². The van der Waals surface area contributed by atoms with Gasteiger partial charge in [-0.3, -0.25) is 14.5 Å². The van der Waals surface area contributed by atoms with Crippen molar-refractivity contribution in [2.24, 2.45) is 0 Å². The third-order valence-corrected chi connectivity index (χ3v) is 6.87. The second kappa shape index (κ2) is 8.84. The first kappa shape index (κ1) is 21.4. The number of hydrogen-bond acceptors (Lipinski definition) is 4. The SMILES string of the molecule is O=C(Nc1ccc2c(c1)C(=O)N(C1CCCCC1)C2=O)N1CCN(c2ccccc2F)CC1. The van der Waals surface area contributed by atoms with Gasteiger partial charge < -0.3 is 15.1 Å². The average molecular weight is 451 g/mol. The molecular formula is C25H27FN4O3. The zero-order valence-electron chi connectivity index (χ0n) is 18.4. The highest BCUT2D eigenvalue weighted by molar-refractivity contribution is 6.22. The van der Waals surface area contributed by atoms with Crippen molar-refractivity contribution < 1.29 is 18.8 Å². The molecule has 0 spiro atoms. The van der Waals surface area contributed by atoms with Gasteiger partial charge in [0, 0.05) is 37.9 Å². The summed E-state index contributed by atoms with van der Waals surface area (Å²) in [5.41, 5.74) is 1.79. The van der Waals surface area contributed by atoms with Crippen LogP contribution in [0.3, 0.4) is 0 Å². The minimum absolute atomic E-state index is 0.0325. The van der Waals surface area contributed by atoms with Crippen molar-refractivity contribution in [3.05, 3.63) is 59.4 Å². The van der Waals surface area contributed by atoms with Gasteiger partial charge >= 0.3 is 6.03 Å². The van der Waals surface area contributed by atoms with Crippen LogP contribution in [0.4, 0.5) is 20.6 Å². The molecule has 8 heteroatoms. The summed E-state index contributed by atoms with van der Waals surface area (Å²) in [6.07, 6.45) is 4.92. The molecule has 2 heterocycles. The summed E-state index contributed by atoms with van der Waals surface area (Å²) in [4.78, 5) is 43.6. The first-order chi connectivity index (χ1) is 16.0. The highest BCUT2D eigenvalue weighted by atomic mass is 19.1. The lowest BCUT2D eigenvalue weighted by molar-refractivity contribution is 0.0549. The molecule has 33 heavy (non-hydrogen) atoms. The molecule has 5 rings (SSSR count). The van der Waals surface area contributed by atoms with Gasteiger partial charge in [0.25, 0.3) is 11.8 Å². The molecule has 2 aromatic carbocycles. The van der Waals surface area contributed by atoms with E-state index in [2.05, 4.69) is 5.32 Å². The Morgan fingerprint density at radius 2 is 1.58 bits per heavy atom. The number of nitrogens with one attached hydrogen (secondary N) is 1. The van der Waals surface area contributed by atoms with E-state index in [0.717, 1.165) is 32.1 Å². The van der Waals surface area contributed by atoms with Crippen LogP contribution in [0, 0.1) is 5.82 Å². The number of carbonyl (C=O) groups is 3. The molecule has 0 radical (unpaired) electrons. The molecule has 1 saturated heterocycles. The predicted octanol–water partition coefficient (Wildman–Crippen LogP) is 4.11. The largest absolute Gasteiger partial charge is 0.366 e. The Hall–Kier alpha value is -3.42. The van der Waals surface area contributed by atoms with E-state index in [1.807, 2.05) is 4.90 Å². The summed E-state index contributed by atoms with van der Waals surface area (Å²) in [5.74, 6) is -0.768. The lowest BCUT2D eigenvalue weighted by Crippen LogP contribution is -2.50. The van der Waals surface area contributed by atoms with Crippen LogP contribution in [0.5, 0.6) is 0 Å². The standard InChI is InChI=1S/C25H27FN4O3/c26-21-8-4-5-9-22(21)28-12-14-29(15-13-28)25(33)27-17-10-11-19-20(16-17)24(32)30(23(19)31)18-6-2-1-3-7-18/h4-5,8-11,16,18H,1-3,6-7,12-15H2,(H,27,33). The van der Waals surface area contributed by atoms with Gasteiger partial charge in [-0.05, 0) is 43.2 Å². The number of anilines is 2. The third-order valence-electron chi connectivity index (χ3n) is 6.87. The Bertz CT molecular complexity index is 1090. The third kappa shape index (κ3) is 4.05. The number of piperazine rings is 1. The fraction of sp³-hybridized carbons (Fsp3) is 0.400. The molecule has 4 amide bonds. The maximum atomic E-state index is 14.0. The second-order valence-electron chi connectivity index (χ2n) is 8.89. The van der Waals surface area contributed by atoms with Crippen LogP contribution >= 0.6 is 0 Å². The molecule has 0 aromatic heterocycles. The van der Waals surface area contributed by atoms with E-state index in [0.29, 0.717) is 48.7 Å². The van der Waals surface area contributed by atoms with Crippen LogP contribution in [-0.2, 0) is 0 Å². The van der Waals surface area contributed by atoms with Gasteiger partial charge in [0.05, 0.1) is 16.8 Å². The van der Waals surface area contributed by atoms with Crippen LogP contribution in [0.15, 0.2) is 42.5 Å². The quantitative estimate of drug-likeness (QED) is 0.715. The van der Waals surface area contributed by atoms with E-state index < -0.39 is 0 Å². The summed E-state index contributed by atoms with van der Waals surface area (Å²) in [6, 6.07) is 11.2. The summed E-state index contributed by atoms with van der Waals surface area (Å²) in [7, 11) is 0. The van der Waals surface area contributed by atoms with E-state index in [-0.39, 0.29) is 29.7 Å². The molecular weight excluding hydrogens is 423 g/mol. The van der Waals surface area contributed by atoms with Gasteiger partial charge in [0.15, 0.2) is 0 Å². The summed E-state index contributed by atoms with van der Waals surface area (Å²) in [6.45, 7) is 1.97. The number of urea groups is 1. The normalized spacial score (nSPS) is 19.1. The Labute approximate surface area is 192 Å². The van der Waals surface area contributed by atoms with Crippen molar-refractivity contribution in [1.29, 1.82) is 0 Å². The molecule has 0 bridgehead atoms. The highest BCUT2D eigenvalue weighted by Gasteiger charge is 2.40. The minimum Gasteiger partial charge on any atom is -0.366 e. The zero-order valence-corrected chi connectivity index (χ0v) is 18.4. The lowest BCUT2D eigenvalue weighted by Gasteiger charge is -2.36. The molecule has 1 aliphatic carbocycles. The van der Waals surface area contributed by atoms with Crippen molar-refractivity contribution in [1.82, 2.24) is 9.80 Å². The van der Waals surface area contributed by atoms with E-state index in [4.69, 9.17) is 0 Å². The summed E-state index contributed by atoms with van der Waals surface area (Å²) < 4.78 is 14.0. The van der Waals surface area contributed by atoms with Crippen molar-refractivity contribution in [3.8, 4) is 0 Å². The fourth-order valence-electron chi connectivity index (χ4n) is 5.07. The molecule has 3 aliphatic rings. The Morgan fingerprint density at radius 1 is 0.879 bits per heavy atom. The fourth-order valence-corrected chi connectivity index (χ4v) is 5.07. The predicted molar refractivity (Wildman–Crippen MR) is 123 cm³/mol. The van der Waals surface area contributed by atoms with Gasteiger partial charge in [-0.1, -0.05) is 31.4 Å². The number of carbonyl (C=O) groups excluding carboxylic acids is 3. The number of rotatable bonds is 3.